The van der Waals surface area contributed by atoms with Gasteiger partial charge in [-0.15, -0.1) is 0 Å². The maximum absolute atomic E-state index is 7.05. The third-order valence-electron chi connectivity index (χ3n) is 15.7. The minimum atomic E-state index is -0.192. The van der Waals surface area contributed by atoms with E-state index in [9.17, 15) is 0 Å². The maximum Gasteiger partial charge on any atom is 0.333 e. The lowest BCUT2D eigenvalue weighted by Crippen LogP contribution is -2.56. The van der Waals surface area contributed by atoms with Gasteiger partial charge in [-0.25, -0.2) is 0 Å². The largest absolute Gasteiger partial charge is 0.456 e. The second-order valence-corrected chi connectivity index (χ2v) is 19.5. The van der Waals surface area contributed by atoms with E-state index in [2.05, 4.69) is 258 Å². The number of fused-ring (bicyclic) bond motifs is 13. The molecule has 14 aromatic rings. The van der Waals surface area contributed by atoms with Crippen LogP contribution in [0.2, 0.25) is 0 Å². The summed E-state index contributed by atoms with van der Waals surface area (Å²) >= 11 is 0. The predicted octanol–water partition coefficient (Wildman–Crippen LogP) is 17.1. The summed E-state index contributed by atoms with van der Waals surface area (Å²) in [6, 6.07) is 91.9. The summed E-state index contributed by atoms with van der Waals surface area (Å²) in [4.78, 5) is 2.58. The third kappa shape index (κ3) is 5.52. The molecule has 0 atom stereocenters. The zero-order valence-electron chi connectivity index (χ0n) is 39.1. The molecule has 0 saturated carbocycles. The van der Waals surface area contributed by atoms with Gasteiger partial charge in [-0.1, -0.05) is 206 Å². The van der Waals surface area contributed by atoms with Crippen LogP contribution in [0, 0.1) is 0 Å². The minimum absolute atomic E-state index is 0.192. The van der Waals surface area contributed by atoms with Gasteiger partial charge in [0, 0.05) is 61.3 Å². The molecule has 0 aliphatic carbocycles. The molecule has 72 heavy (non-hydrogen) atoms. The van der Waals surface area contributed by atoms with Crippen LogP contribution in [0.5, 0.6) is 0 Å². The van der Waals surface area contributed by atoms with Gasteiger partial charge in [0.1, 0.15) is 11.2 Å². The van der Waals surface area contributed by atoms with Gasteiger partial charge in [0.05, 0.1) is 0 Å². The average molecular weight is 913 g/mol. The van der Waals surface area contributed by atoms with E-state index in [1.165, 1.54) is 98.8 Å². The Morgan fingerprint density at radius 3 is 1.50 bits per heavy atom. The lowest BCUT2D eigenvalue weighted by Gasteiger charge is -2.41. The molecule has 3 nitrogen and oxygen atoms in total. The zero-order valence-corrected chi connectivity index (χ0v) is 39.1. The van der Waals surface area contributed by atoms with Crippen LogP contribution in [0.3, 0.4) is 0 Å². The Morgan fingerprint density at radius 2 is 0.861 bits per heavy atom. The van der Waals surface area contributed by atoms with Crippen molar-refractivity contribution in [3.05, 3.63) is 249 Å². The molecule has 2 aliphatic heterocycles. The standard InChI is InChI=1S/C68H41BN2O/c1-5-20-42(21-6-1)46-36-47(43-22-7-2-8-23-43)38-48(37-46)70-59-40-56-55(63(44-24-9-3-10-25-44)50-29-13-14-30-51(50)64(56)45-26-11-4-12-27-45)39-57(59)69-67-60(70)41-62-65(53-31-16-18-35-61(53)72-62)66(67)54-33-19-32-52-49-28-15-17-34-58(49)71(69)68(52)54/h1-41H. The third-order valence-corrected chi connectivity index (χ3v) is 15.7. The first-order valence-corrected chi connectivity index (χ1v) is 24.9. The van der Waals surface area contributed by atoms with Crippen molar-refractivity contribution in [3.8, 4) is 55.6 Å². The highest BCUT2D eigenvalue weighted by molar-refractivity contribution is 6.90. The van der Waals surface area contributed by atoms with Gasteiger partial charge in [-0.3, -0.25) is 0 Å². The first-order chi connectivity index (χ1) is 35.7. The topological polar surface area (TPSA) is 21.3 Å². The molecule has 0 spiro atoms. The highest BCUT2D eigenvalue weighted by atomic mass is 16.3. The second-order valence-electron chi connectivity index (χ2n) is 19.5. The van der Waals surface area contributed by atoms with Gasteiger partial charge >= 0.3 is 6.85 Å². The molecule has 16 rings (SSSR count). The summed E-state index contributed by atoms with van der Waals surface area (Å²) in [6.45, 7) is -0.192. The first-order valence-electron chi connectivity index (χ1n) is 24.9. The van der Waals surface area contributed by atoms with Gasteiger partial charge in [0.25, 0.3) is 0 Å². The van der Waals surface area contributed by atoms with Gasteiger partial charge in [-0.2, -0.15) is 0 Å². The van der Waals surface area contributed by atoms with Crippen molar-refractivity contribution in [2.75, 3.05) is 4.90 Å². The molecule has 0 unspecified atom stereocenters. The Labute approximate surface area is 416 Å². The molecule has 2 aliphatic rings. The van der Waals surface area contributed by atoms with Crippen molar-refractivity contribution in [1.82, 2.24) is 4.48 Å². The van der Waals surface area contributed by atoms with E-state index in [4.69, 9.17) is 4.42 Å². The van der Waals surface area contributed by atoms with E-state index in [1.54, 1.807) is 0 Å². The normalized spacial score (nSPS) is 12.7. The Bertz CT molecular complexity index is 4500. The number of hydrogen-bond acceptors (Lipinski definition) is 2. The highest BCUT2D eigenvalue weighted by Gasteiger charge is 2.45. The summed E-state index contributed by atoms with van der Waals surface area (Å²) in [6.07, 6.45) is 0. The number of furan rings is 1. The molecule has 4 heteroatoms. The Balaban J connectivity index is 1.14. The monoisotopic (exact) mass is 912 g/mol. The van der Waals surface area contributed by atoms with Crippen molar-refractivity contribution in [1.29, 1.82) is 0 Å². The van der Waals surface area contributed by atoms with Crippen LogP contribution in [-0.4, -0.2) is 11.3 Å². The highest BCUT2D eigenvalue weighted by Crippen LogP contribution is 2.52. The van der Waals surface area contributed by atoms with Crippen molar-refractivity contribution in [3.63, 3.8) is 0 Å². The Kier molecular flexibility index (Phi) is 8.26. The summed E-state index contributed by atoms with van der Waals surface area (Å²) in [5, 5.41) is 9.70. The SMILES string of the molecule is c1ccc(-c2cc(-c3ccccc3)cc(N3c4cc5c(-c6ccccc6)c6ccccc6c(-c6ccccc6)c5cc4B4c5c3cc3oc6ccccc6c3c5-c3cccc5c6ccccc6n4c35)c2)cc1. The summed E-state index contributed by atoms with van der Waals surface area (Å²) in [5.74, 6) is 0. The van der Waals surface area contributed by atoms with E-state index < -0.39 is 0 Å². The lowest BCUT2D eigenvalue weighted by molar-refractivity contribution is 0.669. The zero-order chi connectivity index (χ0) is 47.0. The molecule has 0 fully saturated rings. The van der Waals surface area contributed by atoms with Crippen LogP contribution in [0.1, 0.15) is 0 Å². The predicted molar refractivity (Wildman–Crippen MR) is 304 cm³/mol. The maximum atomic E-state index is 7.05. The van der Waals surface area contributed by atoms with Crippen molar-refractivity contribution >= 4 is 100 Å². The van der Waals surface area contributed by atoms with Crippen molar-refractivity contribution in [2.24, 2.45) is 0 Å². The minimum Gasteiger partial charge on any atom is -0.456 e. The fraction of sp³-hybridized carbons (Fsp3) is 0. The number of hydrogen-bond donors (Lipinski definition) is 0. The number of anilines is 3. The van der Waals surface area contributed by atoms with Crippen LogP contribution in [0.15, 0.2) is 253 Å². The molecule has 0 saturated heterocycles. The van der Waals surface area contributed by atoms with E-state index >= 15 is 0 Å². The molecular formula is C68H41BN2O. The van der Waals surface area contributed by atoms with Crippen LogP contribution in [-0.2, 0) is 0 Å². The number of benzene rings is 12. The second kappa shape index (κ2) is 15.1. The fourth-order valence-electron chi connectivity index (χ4n) is 12.8. The molecule has 332 valence electrons. The van der Waals surface area contributed by atoms with E-state index in [0.717, 1.165) is 50.1 Å². The molecule has 2 aromatic heterocycles. The van der Waals surface area contributed by atoms with Crippen LogP contribution in [0.4, 0.5) is 17.1 Å². The number of aromatic nitrogens is 1. The number of rotatable bonds is 5. The van der Waals surface area contributed by atoms with Gasteiger partial charge in [0.15, 0.2) is 0 Å². The molecule has 0 radical (unpaired) electrons. The molecule has 4 heterocycles. The van der Waals surface area contributed by atoms with Gasteiger partial charge < -0.3 is 13.8 Å². The van der Waals surface area contributed by atoms with Crippen LogP contribution < -0.4 is 15.8 Å². The van der Waals surface area contributed by atoms with Crippen molar-refractivity contribution in [2.45, 2.75) is 0 Å². The molecular weight excluding hydrogens is 872 g/mol. The van der Waals surface area contributed by atoms with Gasteiger partial charge in [-0.05, 0) is 119 Å². The quantitative estimate of drug-likeness (QED) is 0.127. The summed E-state index contributed by atoms with van der Waals surface area (Å²) in [5.41, 5.74) is 22.1. The molecule has 0 N–H and O–H groups in total. The average Bonchev–Trinajstić information content (AvgIpc) is 4.00. The molecule has 0 amide bonds. The first kappa shape index (κ1) is 39.5. The molecule has 0 bridgehead atoms. The number of nitrogens with zero attached hydrogens (tertiary/aromatic N) is 2. The van der Waals surface area contributed by atoms with Crippen LogP contribution in [0.25, 0.3) is 121 Å². The smallest absolute Gasteiger partial charge is 0.333 e. The number of para-hydroxylation sites is 3. The fourth-order valence-corrected chi connectivity index (χ4v) is 12.8. The van der Waals surface area contributed by atoms with E-state index in [0.29, 0.717) is 0 Å². The molecule has 12 aromatic carbocycles. The van der Waals surface area contributed by atoms with E-state index in [-0.39, 0.29) is 6.85 Å². The van der Waals surface area contributed by atoms with Crippen molar-refractivity contribution < 1.29 is 4.42 Å². The summed E-state index contributed by atoms with van der Waals surface area (Å²) < 4.78 is 9.73. The van der Waals surface area contributed by atoms with Gasteiger partial charge in [0.2, 0.25) is 0 Å². The van der Waals surface area contributed by atoms with E-state index in [1.807, 2.05) is 0 Å². The Morgan fingerprint density at radius 1 is 0.333 bits per heavy atom. The lowest BCUT2D eigenvalue weighted by atomic mass is 9.44. The van der Waals surface area contributed by atoms with Crippen LogP contribution >= 0.6 is 0 Å². The Hall–Kier alpha value is -9.38. The summed E-state index contributed by atoms with van der Waals surface area (Å²) in [7, 11) is 0.